The average Bonchev–Trinajstić information content (AvgIpc) is 2.23. The second-order valence-electron chi connectivity index (χ2n) is 3.07. The van der Waals surface area contributed by atoms with Gasteiger partial charge in [0.25, 0.3) is 0 Å². The van der Waals surface area contributed by atoms with Crippen molar-refractivity contribution in [1.82, 2.24) is 0 Å². The number of esters is 1. The van der Waals surface area contributed by atoms with Crippen LogP contribution in [0.1, 0.15) is 12.0 Å². The number of carbonyl (C=O) groups excluding carboxylic acids is 1. The molecule has 0 atom stereocenters. The summed E-state index contributed by atoms with van der Waals surface area (Å²) in [6.07, 6.45) is 3.77. The van der Waals surface area contributed by atoms with E-state index in [1.807, 2.05) is 6.07 Å². The predicted molar refractivity (Wildman–Crippen MR) is 60.9 cm³/mol. The maximum absolute atomic E-state index is 10.8. The van der Waals surface area contributed by atoms with E-state index in [9.17, 15) is 4.79 Å². The van der Waals surface area contributed by atoms with Crippen molar-refractivity contribution in [2.75, 3.05) is 18.6 Å². The molecule has 0 fully saturated rings. The smallest absolute Gasteiger partial charge is 0.309 e. The molecule has 80 valence electrons. The summed E-state index contributed by atoms with van der Waals surface area (Å²) in [4.78, 5) is 10.8. The van der Waals surface area contributed by atoms with E-state index < -0.39 is 0 Å². The molecule has 1 rings (SSSR count). The third kappa shape index (κ3) is 3.34. The van der Waals surface area contributed by atoms with Gasteiger partial charge in [-0.15, -0.1) is 0 Å². The Morgan fingerprint density at radius 3 is 2.73 bits per heavy atom. The van der Waals surface area contributed by atoms with Crippen molar-refractivity contribution in [1.29, 1.82) is 0 Å². The number of hydrogen-bond acceptors (Lipinski definition) is 4. The molecular formula is C11H14N2O2. The van der Waals surface area contributed by atoms with E-state index in [1.165, 1.54) is 7.11 Å². The van der Waals surface area contributed by atoms with Gasteiger partial charge in [-0.25, -0.2) is 0 Å². The summed E-state index contributed by atoms with van der Waals surface area (Å²) >= 11 is 0. The zero-order chi connectivity index (χ0) is 11.3. The first-order valence-corrected chi connectivity index (χ1v) is 4.52. The predicted octanol–water partition coefficient (Wildman–Crippen LogP) is 1.43. The zero-order valence-corrected chi connectivity index (χ0v) is 8.57. The van der Waals surface area contributed by atoms with Crippen LogP contribution in [0.15, 0.2) is 24.3 Å². The number of benzene rings is 1. The Morgan fingerprint density at radius 2 is 2.13 bits per heavy atom. The standard InChI is InChI=1S/C11H14N2O2/c1-15-11(14)4-2-3-8-5-6-9(12)10(13)7-8/h2-3,5-7H,4,12-13H2,1H3. The number of rotatable bonds is 3. The number of ether oxygens (including phenoxy) is 1. The molecule has 0 aliphatic rings. The molecule has 0 aromatic heterocycles. The average molecular weight is 206 g/mol. The fourth-order valence-corrected chi connectivity index (χ4v) is 1.07. The molecule has 0 amide bonds. The quantitative estimate of drug-likeness (QED) is 0.579. The van der Waals surface area contributed by atoms with Crippen LogP contribution < -0.4 is 11.5 Å². The Labute approximate surface area is 88.5 Å². The van der Waals surface area contributed by atoms with E-state index in [4.69, 9.17) is 11.5 Å². The van der Waals surface area contributed by atoms with Crippen LogP contribution in [-0.4, -0.2) is 13.1 Å². The maximum atomic E-state index is 10.8. The van der Waals surface area contributed by atoms with Gasteiger partial charge in [0.2, 0.25) is 0 Å². The van der Waals surface area contributed by atoms with Crippen LogP contribution >= 0.6 is 0 Å². The number of methoxy groups -OCH3 is 1. The van der Waals surface area contributed by atoms with E-state index in [1.54, 1.807) is 24.3 Å². The van der Waals surface area contributed by atoms with Crippen molar-refractivity contribution in [2.24, 2.45) is 0 Å². The minimum absolute atomic E-state index is 0.251. The van der Waals surface area contributed by atoms with Crippen LogP contribution in [0.4, 0.5) is 11.4 Å². The van der Waals surface area contributed by atoms with Gasteiger partial charge >= 0.3 is 5.97 Å². The SMILES string of the molecule is COC(=O)CC=Cc1ccc(N)c(N)c1. The van der Waals surface area contributed by atoms with Gasteiger partial charge in [-0.3, -0.25) is 4.79 Å². The van der Waals surface area contributed by atoms with Crippen molar-refractivity contribution >= 4 is 23.4 Å². The number of nitrogen functional groups attached to an aromatic ring is 2. The highest BCUT2D eigenvalue weighted by Gasteiger charge is 1.96. The van der Waals surface area contributed by atoms with Crippen molar-refractivity contribution in [3.63, 3.8) is 0 Å². The van der Waals surface area contributed by atoms with Gasteiger partial charge in [-0.1, -0.05) is 18.2 Å². The van der Waals surface area contributed by atoms with E-state index >= 15 is 0 Å². The molecule has 4 N–H and O–H groups in total. The molecule has 0 aliphatic carbocycles. The molecular weight excluding hydrogens is 192 g/mol. The summed E-state index contributed by atoms with van der Waals surface area (Å²) in [6.45, 7) is 0. The monoisotopic (exact) mass is 206 g/mol. The molecule has 4 heteroatoms. The van der Waals surface area contributed by atoms with Crippen LogP contribution in [0, 0.1) is 0 Å². The fourth-order valence-electron chi connectivity index (χ4n) is 1.07. The van der Waals surface area contributed by atoms with Crippen LogP contribution in [0.3, 0.4) is 0 Å². The third-order valence-corrected chi connectivity index (χ3v) is 1.93. The van der Waals surface area contributed by atoms with Gasteiger partial charge in [-0.2, -0.15) is 0 Å². The van der Waals surface area contributed by atoms with E-state index in [0.29, 0.717) is 11.4 Å². The van der Waals surface area contributed by atoms with E-state index in [0.717, 1.165) is 5.56 Å². The maximum Gasteiger partial charge on any atom is 0.309 e. The lowest BCUT2D eigenvalue weighted by Crippen LogP contribution is -1.96. The normalized spacial score (nSPS) is 10.5. The molecule has 0 saturated carbocycles. The minimum Gasteiger partial charge on any atom is -0.469 e. The molecule has 0 radical (unpaired) electrons. The molecule has 0 saturated heterocycles. The molecule has 0 aliphatic heterocycles. The lowest BCUT2D eigenvalue weighted by atomic mass is 10.1. The Bertz CT molecular complexity index is 386. The largest absolute Gasteiger partial charge is 0.469 e. The number of anilines is 2. The highest BCUT2D eigenvalue weighted by atomic mass is 16.5. The summed E-state index contributed by atoms with van der Waals surface area (Å²) < 4.78 is 4.50. The van der Waals surface area contributed by atoms with Gasteiger partial charge in [0.15, 0.2) is 0 Å². The Kier molecular flexibility index (Phi) is 3.74. The molecule has 1 aromatic rings. The first-order valence-electron chi connectivity index (χ1n) is 4.52. The molecule has 0 spiro atoms. The number of nitrogens with two attached hydrogens (primary N) is 2. The van der Waals surface area contributed by atoms with Crippen molar-refractivity contribution in [2.45, 2.75) is 6.42 Å². The van der Waals surface area contributed by atoms with Gasteiger partial charge < -0.3 is 16.2 Å². The fraction of sp³-hybridized carbons (Fsp3) is 0.182. The van der Waals surface area contributed by atoms with Crippen LogP contribution in [-0.2, 0) is 9.53 Å². The third-order valence-electron chi connectivity index (χ3n) is 1.93. The minimum atomic E-state index is -0.269. The van der Waals surface area contributed by atoms with Gasteiger partial charge in [-0.05, 0) is 17.7 Å². The number of carbonyl (C=O) groups is 1. The first kappa shape index (κ1) is 11.1. The topological polar surface area (TPSA) is 78.3 Å². The molecule has 4 nitrogen and oxygen atoms in total. The van der Waals surface area contributed by atoms with E-state index in [2.05, 4.69) is 4.74 Å². The second-order valence-corrected chi connectivity index (χ2v) is 3.07. The van der Waals surface area contributed by atoms with E-state index in [-0.39, 0.29) is 12.4 Å². The van der Waals surface area contributed by atoms with Crippen molar-refractivity contribution in [3.8, 4) is 0 Å². The Balaban J connectivity index is 2.65. The highest BCUT2D eigenvalue weighted by Crippen LogP contribution is 2.16. The van der Waals surface area contributed by atoms with Gasteiger partial charge in [0.05, 0.1) is 24.9 Å². The molecule has 0 unspecified atom stereocenters. The molecule has 15 heavy (non-hydrogen) atoms. The summed E-state index contributed by atoms with van der Waals surface area (Å²) in [5, 5.41) is 0. The number of hydrogen-bond donors (Lipinski definition) is 2. The first-order chi connectivity index (χ1) is 7.13. The Morgan fingerprint density at radius 1 is 1.40 bits per heavy atom. The van der Waals surface area contributed by atoms with Crippen molar-refractivity contribution in [3.05, 3.63) is 29.8 Å². The summed E-state index contributed by atoms with van der Waals surface area (Å²) in [7, 11) is 1.36. The summed E-state index contributed by atoms with van der Waals surface area (Å²) in [5.41, 5.74) is 13.2. The van der Waals surface area contributed by atoms with Crippen LogP contribution in [0.5, 0.6) is 0 Å². The zero-order valence-electron chi connectivity index (χ0n) is 8.57. The Hall–Kier alpha value is -1.97. The highest BCUT2D eigenvalue weighted by molar-refractivity contribution is 5.73. The second kappa shape index (κ2) is 5.05. The lowest BCUT2D eigenvalue weighted by Gasteiger charge is -2.00. The van der Waals surface area contributed by atoms with Gasteiger partial charge in [0, 0.05) is 0 Å². The lowest BCUT2D eigenvalue weighted by molar-refractivity contribution is -0.139. The summed E-state index contributed by atoms with van der Waals surface area (Å²) in [5.74, 6) is -0.269. The molecule has 0 bridgehead atoms. The molecule has 0 heterocycles. The van der Waals surface area contributed by atoms with Crippen molar-refractivity contribution < 1.29 is 9.53 Å². The van der Waals surface area contributed by atoms with Gasteiger partial charge in [0.1, 0.15) is 0 Å². The summed E-state index contributed by atoms with van der Waals surface area (Å²) in [6, 6.07) is 5.32. The molecule has 1 aromatic carbocycles. The van der Waals surface area contributed by atoms with Crippen LogP contribution in [0.2, 0.25) is 0 Å². The van der Waals surface area contributed by atoms with Crippen LogP contribution in [0.25, 0.3) is 6.08 Å².